The van der Waals surface area contributed by atoms with Gasteiger partial charge in [0.05, 0.1) is 22.1 Å². The van der Waals surface area contributed by atoms with E-state index in [2.05, 4.69) is 10.6 Å². The molecule has 0 unspecified atom stereocenters. The van der Waals surface area contributed by atoms with Crippen molar-refractivity contribution in [2.75, 3.05) is 23.8 Å². The second kappa shape index (κ2) is 22.4. The first-order valence-corrected chi connectivity index (χ1v) is 19.2. The van der Waals surface area contributed by atoms with Gasteiger partial charge >= 0.3 is 109 Å². The van der Waals surface area contributed by atoms with Crippen LogP contribution in [0, 0.1) is 5.92 Å². The molecular weight excluding hydrogens is 834 g/mol. The molecule has 58 heavy (non-hydrogen) atoms. The van der Waals surface area contributed by atoms with Gasteiger partial charge in [0.15, 0.2) is 6.61 Å². The summed E-state index contributed by atoms with van der Waals surface area (Å²) in [6.07, 6.45) is -2.26. The van der Waals surface area contributed by atoms with E-state index in [9.17, 15) is 51.0 Å². The molecule has 12 nitrogen and oxygen atoms in total. The Kier molecular flexibility index (Phi) is 19.3. The van der Waals surface area contributed by atoms with E-state index in [-0.39, 0.29) is 155 Å². The van der Waals surface area contributed by atoms with Crippen LogP contribution in [-0.2, 0) is 27.7 Å². The van der Waals surface area contributed by atoms with Crippen LogP contribution in [0.15, 0.2) is 95.9 Å². The van der Waals surface area contributed by atoms with Crippen LogP contribution in [0.1, 0.15) is 74.8 Å². The van der Waals surface area contributed by atoms with Gasteiger partial charge in [-0.1, -0.05) is 49.4 Å². The summed E-state index contributed by atoms with van der Waals surface area (Å²) in [5.41, 5.74) is 1.79. The summed E-state index contributed by atoms with van der Waals surface area (Å²) in [7, 11) is -4.13. The summed E-state index contributed by atoms with van der Waals surface area (Å²) in [5.74, 6) is -4.98. The number of carbonyl (C=O) groups is 4. The minimum absolute atomic E-state index is 0. The Morgan fingerprint density at radius 1 is 0.776 bits per heavy atom. The van der Waals surface area contributed by atoms with Gasteiger partial charge in [0.25, 0.3) is 11.8 Å². The van der Waals surface area contributed by atoms with E-state index in [1.807, 2.05) is 0 Å². The Labute approximate surface area is 419 Å². The van der Waals surface area contributed by atoms with Crippen molar-refractivity contribution in [3.8, 4) is 5.75 Å². The van der Waals surface area contributed by atoms with Gasteiger partial charge < -0.3 is 35.2 Å². The zero-order chi connectivity index (χ0) is 40.6. The quantitative estimate of drug-likeness (QED) is 0.136. The van der Waals surface area contributed by atoms with Gasteiger partial charge in [0.1, 0.15) is 5.75 Å². The van der Waals surface area contributed by atoms with Crippen molar-refractivity contribution in [3.63, 3.8) is 0 Å². The fourth-order valence-corrected chi connectivity index (χ4v) is 8.22. The number of aromatic carboxylic acids is 1. The van der Waals surface area contributed by atoms with E-state index in [0.717, 1.165) is 23.3 Å². The normalized spacial score (nSPS) is 15.3. The third kappa shape index (κ3) is 13.8. The SMILES string of the molecule is CCN(C1CCC(C(=O)[O-])CC1)S(=O)(=O)c1cccc(C(=O)Nc2ccc(OCC(F)(F)F)cc2C(=O)Nc2ccc(CCc3ccc(C(=O)[O-])cc3)cc2)c1.[K+].[K+]. The van der Waals surface area contributed by atoms with Crippen molar-refractivity contribution in [1.29, 1.82) is 0 Å². The summed E-state index contributed by atoms with van der Waals surface area (Å²) in [6.45, 7) is 0.135. The summed E-state index contributed by atoms with van der Waals surface area (Å²) in [5, 5.41) is 27.5. The number of nitrogens with zero attached hydrogens (tertiary/aromatic N) is 1. The Morgan fingerprint density at radius 2 is 1.38 bits per heavy atom. The average molecular weight is 872 g/mol. The molecule has 5 rings (SSSR count). The molecule has 0 aromatic heterocycles. The number of hydrogen-bond donors (Lipinski definition) is 2. The summed E-state index contributed by atoms with van der Waals surface area (Å²) < 4.78 is 72.5. The van der Waals surface area contributed by atoms with Crippen LogP contribution in [0.5, 0.6) is 5.75 Å². The molecule has 4 aromatic carbocycles. The van der Waals surface area contributed by atoms with Gasteiger partial charge in [-0.3, -0.25) is 9.59 Å². The van der Waals surface area contributed by atoms with Gasteiger partial charge in [-0.25, -0.2) is 8.42 Å². The molecular formula is C40H38F3K2N3O9S. The maximum atomic E-state index is 13.8. The summed E-state index contributed by atoms with van der Waals surface area (Å²) in [4.78, 5) is 49.2. The number of aryl methyl sites for hydroxylation is 2. The molecule has 1 aliphatic rings. The maximum absolute atomic E-state index is 13.8. The molecule has 0 aliphatic heterocycles. The Balaban J connectivity index is 0.00000450. The predicted octanol–water partition coefficient (Wildman–Crippen LogP) is -1.39. The molecule has 18 heteroatoms. The summed E-state index contributed by atoms with van der Waals surface area (Å²) >= 11 is 0. The third-order valence-corrected chi connectivity index (χ3v) is 11.5. The molecule has 0 spiro atoms. The molecule has 0 atom stereocenters. The largest absolute Gasteiger partial charge is 1.00 e. The number of aliphatic carboxylic acids is 1. The minimum atomic E-state index is -4.66. The van der Waals surface area contributed by atoms with Crippen molar-refractivity contribution in [2.45, 2.75) is 62.6 Å². The smallest absolute Gasteiger partial charge is 0.550 e. The van der Waals surface area contributed by atoms with Crippen molar-refractivity contribution in [1.82, 2.24) is 4.31 Å². The monoisotopic (exact) mass is 871 g/mol. The first-order valence-electron chi connectivity index (χ1n) is 17.7. The molecule has 0 radical (unpaired) electrons. The molecule has 4 aromatic rings. The number of halogens is 3. The van der Waals surface area contributed by atoms with Gasteiger partial charge in [0, 0.05) is 29.8 Å². The number of carbonyl (C=O) groups excluding carboxylic acids is 4. The molecule has 1 saturated carbocycles. The second-order valence-corrected chi connectivity index (χ2v) is 15.2. The fraction of sp³-hybridized carbons (Fsp3) is 0.300. The Morgan fingerprint density at radius 3 is 1.93 bits per heavy atom. The molecule has 296 valence electrons. The minimum Gasteiger partial charge on any atom is -0.550 e. The number of hydrogen-bond acceptors (Lipinski definition) is 9. The van der Waals surface area contributed by atoms with Crippen LogP contribution in [0.2, 0.25) is 0 Å². The number of nitrogens with one attached hydrogen (secondary N) is 2. The van der Waals surface area contributed by atoms with Crippen LogP contribution in [0.25, 0.3) is 0 Å². The van der Waals surface area contributed by atoms with Crippen LogP contribution in [0.3, 0.4) is 0 Å². The van der Waals surface area contributed by atoms with Gasteiger partial charge in [-0.2, -0.15) is 17.5 Å². The van der Waals surface area contributed by atoms with Gasteiger partial charge in [-0.15, -0.1) is 0 Å². The number of rotatable bonds is 15. The molecule has 0 bridgehead atoms. The van der Waals surface area contributed by atoms with Crippen LogP contribution >= 0.6 is 0 Å². The molecule has 1 aliphatic carbocycles. The number of carboxylic acids is 2. The van der Waals surface area contributed by atoms with E-state index in [1.54, 1.807) is 43.3 Å². The molecule has 0 heterocycles. The average Bonchev–Trinajstić information content (AvgIpc) is 3.17. The Bertz CT molecular complexity index is 2180. The maximum Gasteiger partial charge on any atom is 1.00 e. The number of benzene rings is 4. The number of alkyl halides is 3. The number of amides is 2. The van der Waals surface area contributed by atoms with Crippen LogP contribution in [0.4, 0.5) is 24.5 Å². The standard InChI is InChI=1S/C40H40F3N3O9S.2K/c1-2-46(31-18-14-28(15-19-31)39(51)52)56(53,54)33-5-3-4-29(22-33)36(47)45-35-21-20-32(55-24-40(41,42)43)23-34(35)37(48)44-30-16-10-26(11-17-30)7-6-25-8-12-27(13-9-25)38(49)50;;/h3-5,8-13,16-17,20-23,28,31H,2,6-7,14-15,18-19,24H2,1H3,(H,44,48)(H,45,47)(H,49,50)(H,51,52);;/q;2*+1/p-2. The van der Waals surface area contributed by atoms with Crippen LogP contribution < -0.4 is 128 Å². The molecule has 2 N–H and O–H groups in total. The summed E-state index contributed by atoms with van der Waals surface area (Å²) in [6, 6.07) is 21.3. The van der Waals surface area contributed by atoms with Crippen molar-refractivity contribution in [3.05, 3.63) is 119 Å². The molecule has 2 amide bonds. The predicted molar refractivity (Wildman–Crippen MR) is 195 cm³/mol. The first-order chi connectivity index (χ1) is 26.5. The third-order valence-electron chi connectivity index (χ3n) is 9.44. The fourth-order valence-electron chi connectivity index (χ4n) is 6.48. The van der Waals surface area contributed by atoms with Gasteiger partial charge in [0.2, 0.25) is 10.0 Å². The van der Waals surface area contributed by atoms with E-state index in [0.29, 0.717) is 31.4 Å². The van der Waals surface area contributed by atoms with E-state index in [1.165, 1.54) is 46.8 Å². The first kappa shape index (κ1) is 49.9. The van der Waals surface area contributed by atoms with Gasteiger partial charge in [-0.05, 0) is 110 Å². The van der Waals surface area contributed by atoms with Crippen LogP contribution in [-0.4, -0.2) is 61.8 Å². The zero-order valence-corrected chi connectivity index (χ0v) is 39.2. The number of carboxylic acid groups (broad SMARTS) is 2. The number of anilines is 2. The van der Waals surface area contributed by atoms with Crippen molar-refractivity contribution in [2.24, 2.45) is 5.92 Å². The van der Waals surface area contributed by atoms with E-state index >= 15 is 0 Å². The zero-order valence-electron chi connectivity index (χ0n) is 32.1. The van der Waals surface area contributed by atoms with E-state index < -0.39 is 58.5 Å². The second-order valence-electron chi connectivity index (χ2n) is 13.3. The molecule has 0 saturated heterocycles. The van der Waals surface area contributed by atoms with E-state index in [4.69, 9.17) is 4.74 Å². The van der Waals surface area contributed by atoms with Crippen molar-refractivity contribution < 1.29 is 158 Å². The number of sulfonamides is 1. The molecule has 1 fully saturated rings. The van der Waals surface area contributed by atoms with Crippen molar-refractivity contribution >= 4 is 45.2 Å². The topological polar surface area (TPSA) is 185 Å². The number of ether oxygens (including phenoxy) is 1. The Hall–Kier alpha value is -2.47.